The van der Waals surface area contributed by atoms with Gasteiger partial charge in [-0.1, -0.05) is 0 Å². The van der Waals surface area contributed by atoms with Gasteiger partial charge in [-0.05, 0) is 11.0 Å². The van der Waals surface area contributed by atoms with E-state index in [-0.39, 0.29) is 65.7 Å². The van der Waals surface area contributed by atoms with Crippen LogP contribution in [0.2, 0.25) is 0 Å². The molecule has 0 fully saturated rings. The molecule has 0 aromatic rings. The molecular weight excluding hydrogens is 118 g/mol. The van der Waals surface area contributed by atoms with Gasteiger partial charge in [0.25, 0.3) is 0 Å². The van der Waals surface area contributed by atoms with E-state index in [9.17, 15) is 0 Å². The minimum Gasteiger partial charge on any atom is -1.00 e. The molecule has 0 unspecified atom stereocenters. The SMILES string of the molecule is [AlH2].[Fe].[H-].[Li+].[SiH3]. The Morgan fingerprint density at radius 1 is 1.25 bits per heavy atom. The summed E-state index contributed by atoms with van der Waals surface area (Å²) in [6, 6.07) is 0. The van der Waals surface area contributed by atoms with Crippen molar-refractivity contribution in [1.82, 2.24) is 0 Å². The first-order valence-electron chi connectivity index (χ1n) is 0. The van der Waals surface area contributed by atoms with Gasteiger partial charge in [0.05, 0.1) is 0 Å². The van der Waals surface area contributed by atoms with E-state index in [1.807, 2.05) is 0 Å². The van der Waals surface area contributed by atoms with E-state index in [1.54, 1.807) is 0 Å². The molecule has 4 heavy (non-hydrogen) atoms. The van der Waals surface area contributed by atoms with Gasteiger partial charge < -0.3 is 1.43 Å². The van der Waals surface area contributed by atoms with Crippen LogP contribution in [0.5, 0.6) is 0 Å². The third-order valence-electron chi connectivity index (χ3n) is 0. The van der Waals surface area contributed by atoms with E-state index >= 15 is 0 Å². The summed E-state index contributed by atoms with van der Waals surface area (Å²) >= 11 is 0. The quantitative estimate of drug-likeness (QED) is 0.284. The molecule has 0 aliphatic rings. The van der Waals surface area contributed by atoms with Gasteiger partial charge in [-0.2, -0.15) is 0 Å². The fraction of sp³-hybridized carbons (Fsp3) is 0. The van der Waals surface area contributed by atoms with E-state index in [0.717, 1.165) is 0 Å². The van der Waals surface area contributed by atoms with E-state index in [2.05, 4.69) is 0 Å². The van der Waals surface area contributed by atoms with E-state index in [4.69, 9.17) is 0 Å². The summed E-state index contributed by atoms with van der Waals surface area (Å²) in [5, 5.41) is 0. The van der Waals surface area contributed by atoms with Crippen LogP contribution in [0.15, 0.2) is 0 Å². The van der Waals surface area contributed by atoms with E-state index < -0.39 is 0 Å². The number of rotatable bonds is 0. The van der Waals surface area contributed by atoms with Gasteiger partial charge in [0.2, 0.25) is 0 Å². The third-order valence-corrected chi connectivity index (χ3v) is 0. The van der Waals surface area contributed by atoms with Crippen LogP contribution in [-0.2, 0) is 17.1 Å². The molecule has 0 saturated heterocycles. The molecule has 0 saturated carbocycles. The molecule has 0 aromatic heterocycles. The van der Waals surface area contributed by atoms with Gasteiger partial charge in [0.1, 0.15) is 17.4 Å². The first-order chi connectivity index (χ1) is 0. The first kappa shape index (κ1) is 39.9. The van der Waals surface area contributed by atoms with Gasteiger partial charge >= 0.3 is 18.9 Å². The van der Waals surface area contributed by atoms with Gasteiger partial charge in [-0.3, -0.25) is 0 Å². The van der Waals surface area contributed by atoms with Crippen molar-refractivity contribution in [3.63, 3.8) is 0 Å². The molecule has 0 bridgehead atoms. The van der Waals surface area contributed by atoms with Gasteiger partial charge in [0.15, 0.2) is 0 Å². The molecule has 0 aliphatic carbocycles. The van der Waals surface area contributed by atoms with Gasteiger partial charge in [-0.15, -0.1) is 0 Å². The second kappa shape index (κ2) is 20.9. The van der Waals surface area contributed by atoms with Gasteiger partial charge in [0, 0.05) is 17.1 Å². The topological polar surface area (TPSA) is 0 Å². The minimum atomic E-state index is 0. The predicted octanol–water partition coefficient (Wildman–Crippen LogP) is -4.99. The Kier molecular flexibility index (Phi) is 208. The average molecular weight is 124 g/mol. The van der Waals surface area contributed by atoms with E-state index in [1.165, 1.54) is 0 Å². The summed E-state index contributed by atoms with van der Waals surface area (Å²) < 4.78 is 0. The van der Waals surface area contributed by atoms with Crippen LogP contribution in [0, 0.1) is 0 Å². The minimum absolute atomic E-state index is 0. The Bertz CT molecular complexity index is 11.6. The maximum Gasteiger partial charge on any atom is 1.00 e. The largest absolute Gasteiger partial charge is 1.00 e. The predicted molar refractivity (Wildman–Crippen MR) is 19.6 cm³/mol. The fourth-order valence-corrected chi connectivity index (χ4v) is 0. The molecule has 0 atom stereocenters. The fourth-order valence-electron chi connectivity index (χ4n) is 0. The Balaban J connectivity index is 0. The Labute approximate surface area is 65.4 Å². The van der Waals surface area contributed by atoms with Crippen LogP contribution in [0.4, 0.5) is 0 Å². The van der Waals surface area contributed by atoms with Crippen LogP contribution in [-0.4, -0.2) is 28.3 Å². The molecule has 0 amide bonds. The molecule has 0 aromatic carbocycles. The Morgan fingerprint density at radius 2 is 1.25 bits per heavy atom. The van der Waals surface area contributed by atoms with Crippen molar-refractivity contribution in [2.75, 3.05) is 0 Å². The van der Waals surface area contributed by atoms with Crippen LogP contribution in [0.25, 0.3) is 0 Å². The van der Waals surface area contributed by atoms with Crippen LogP contribution < -0.4 is 18.9 Å². The van der Waals surface area contributed by atoms with Gasteiger partial charge in [-0.25, -0.2) is 0 Å². The van der Waals surface area contributed by atoms with Crippen LogP contribution >= 0.6 is 0 Å². The smallest absolute Gasteiger partial charge is 1.00 e. The zero-order valence-corrected chi connectivity index (χ0v) is 8.46. The van der Waals surface area contributed by atoms with Crippen LogP contribution in [0.1, 0.15) is 1.43 Å². The summed E-state index contributed by atoms with van der Waals surface area (Å²) in [6.07, 6.45) is 0. The second-order valence-corrected chi connectivity index (χ2v) is 0. The molecule has 0 rings (SSSR count). The maximum atomic E-state index is 0. The molecule has 0 heterocycles. The molecule has 0 N–H and O–H groups in total. The second-order valence-electron chi connectivity index (χ2n) is 0. The van der Waals surface area contributed by atoms with Crippen molar-refractivity contribution in [2.45, 2.75) is 0 Å². The average Bonchev–Trinajstić information content (AvgIpc) is 0. The monoisotopic (exact) mass is 124 g/mol. The Morgan fingerprint density at radius 3 is 1.25 bits per heavy atom. The van der Waals surface area contributed by atoms with Crippen molar-refractivity contribution in [1.29, 1.82) is 0 Å². The summed E-state index contributed by atoms with van der Waals surface area (Å²) in [4.78, 5) is 0. The summed E-state index contributed by atoms with van der Waals surface area (Å²) in [5.41, 5.74) is 0. The third kappa shape index (κ3) is 9.12. The molecule has 0 nitrogen and oxygen atoms in total. The molecule has 0 aliphatic heterocycles. The molecule has 2 radical (unpaired) electrons. The number of hydrogen-bond donors (Lipinski definition) is 0. The van der Waals surface area contributed by atoms with Crippen LogP contribution in [0.3, 0.4) is 0 Å². The Hall–Kier alpha value is 1.87. The van der Waals surface area contributed by atoms with Crippen molar-refractivity contribution in [2.24, 2.45) is 0 Å². The number of hydrogen-bond acceptors (Lipinski definition) is 0. The van der Waals surface area contributed by atoms with Crippen molar-refractivity contribution in [3.05, 3.63) is 0 Å². The summed E-state index contributed by atoms with van der Waals surface area (Å²) in [7, 11) is 0. The molecule has 4 heteroatoms. The molecular formula is H6AlFeLiSi. The zero-order valence-electron chi connectivity index (χ0n) is 4.35. The normalized spacial score (nSPS) is 0. The van der Waals surface area contributed by atoms with E-state index in [0.29, 0.717) is 0 Å². The standard InChI is InChI=1S/Al.Fe.Li.H3Si.3H/h;;;1H3;;;/q;;+1;;;;-1. The van der Waals surface area contributed by atoms with Crippen molar-refractivity contribution < 1.29 is 37.4 Å². The maximum absolute atomic E-state index is 0. The van der Waals surface area contributed by atoms with Crippen molar-refractivity contribution in [3.8, 4) is 0 Å². The molecule has 22 valence electrons. The molecule has 0 spiro atoms. The summed E-state index contributed by atoms with van der Waals surface area (Å²) in [6.45, 7) is 0. The first-order valence-corrected chi connectivity index (χ1v) is 0. The zero-order chi connectivity index (χ0) is 0. The van der Waals surface area contributed by atoms with Crippen molar-refractivity contribution >= 4 is 28.3 Å². The summed E-state index contributed by atoms with van der Waals surface area (Å²) in [5.74, 6) is 0.